The van der Waals surface area contributed by atoms with Crippen LogP contribution in [0, 0.1) is 5.92 Å². The van der Waals surface area contributed by atoms with Crippen molar-refractivity contribution in [2.45, 2.75) is 25.9 Å². The van der Waals surface area contributed by atoms with Crippen molar-refractivity contribution in [3.05, 3.63) is 30.3 Å². The van der Waals surface area contributed by atoms with E-state index in [2.05, 4.69) is 4.90 Å². The number of nitrogens with zero attached hydrogens (tertiary/aromatic N) is 1. The molecule has 1 fully saturated rings. The van der Waals surface area contributed by atoms with Gasteiger partial charge >= 0.3 is 5.97 Å². The third kappa shape index (κ3) is 6.77. The molecule has 2 atom stereocenters. The quantitative estimate of drug-likeness (QED) is 0.768. The van der Waals surface area contributed by atoms with E-state index < -0.39 is 6.10 Å². The highest BCUT2D eigenvalue weighted by atomic mass is 35.5. The molecule has 0 aliphatic carbocycles. The van der Waals surface area contributed by atoms with E-state index in [9.17, 15) is 9.90 Å². The van der Waals surface area contributed by atoms with Crippen LogP contribution in [0.5, 0.6) is 5.75 Å². The Bertz CT molecular complexity index is 457. The maximum atomic E-state index is 11.8. The van der Waals surface area contributed by atoms with Crippen molar-refractivity contribution in [1.29, 1.82) is 0 Å². The first kappa shape index (κ1) is 19.7. The number of aliphatic hydroxyl groups excluding tert-OH is 1. The van der Waals surface area contributed by atoms with Gasteiger partial charge in [0.05, 0.1) is 12.5 Å². The number of carbonyl (C=O) groups is 1. The molecule has 1 aromatic rings. The van der Waals surface area contributed by atoms with E-state index in [1.54, 1.807) is 0 Å². The van der Waals surface area contributed by atoms with Gasteiger partial charge in [0.1, 0.15) is 18.5 Å². The van der Waals surface area contributed by atoms with Gasteiger partial charge in [-0.25, -0.2) is 0 Å². The molecular formula is C17H26ClNO4. The van der Waals surface area contributed by atoms with Gasteiger partial charge in [-0.05, 0) is 38.4 Å². The van der Waals surface area contributed by atoms with E-state index in [-0.39, 0.29) is 30.9 Å². The van der Waals surface area contributed by atoms with Gasteiger partial charge in [0, 0.05) is 13.1 Å². The van der Waals surface area contributed by atoms with Crippen molar-refractivity contribution in [1.82, 2.24) is 4.90 Å². The largest absolute Gasteiger partial charge is 0.491 e. The molecule has 0 spiro atoms. The summed E-state index contributed by atoms with van der Waals surface area (Å²) in [4.78, 5) is 13.9. The van der Waals surface area contributed by atoms with Crippen molar-refractivity contribution in [3.8, 4) is 5.75 Å². The first-order valence-electron chi connectivity index (χ1n) is 7.94. The van der Waals surface area contributed by atoms with Gasteiger partial charge in [0.2, 0.25) is 0 Å². The van der Waals surface area contributed by atoms with E-state index in [1.165, 1.54) is 0 Å². The second-order valence-electron chi connectivity index (χ2n) is 5.63. The van der Waals surface area contributed by atoms with E-state index in [0.717, 1.165) is 25.1 Å². The van der Waals surface area contributed by atoms with Gasteiger partial charge in [-0.3, -0.25) is 9.69 Å². The molecular weight excluding hydrogens is 318 g/mol. The molecule has 1 saturated heterocycles. The Morgan fingerprint density at radius 2 is 2.13 bits per heavy atom. The number of para-hydroxylation sites is 1. The fraction of sp³-hybridized carbons (Fsp3) is 0.588. The van der Waals surface area contributed by atoms with E-state index >= 15 is 0 Å². The minimum atomic E-state index is -0.568. The average Bonchev–Trinajstić information content (AvgIpc) is 2.54. The number of hydrogen-bond donors (Lipinski definition) is 1. The average molecular weight is 344 g/mol. The molecule has 5 nitrogen and oxygen atoms in total. The Labute approximate surface area is 144 Å². The molecule has 0 amide bonds. The second-order valence-corrected chi connectivity index (χ2v) is 5.63. The molecule has 1 aliphatic heterocycles. The van der Waals surface area contributed by atoms with Crippen molar-refractivity contribution in [3.63, 3.8) is 0 Å². The molecule has 0 aromatic heterocycles. The first-order chi connectivity index (χ1) is 10.7. The van der Waals surface area contributed by atoms with Gasteiger partial charge in [0.25, 0.3) is 0 Å². The first-order valence-corrected chi connectivity index (χ1v) is 7.94. The van der Waals surface area contributed by atoms with Crippen LogP contribution in [0.1, 0.15) is 19.8 Å². The number of aliphatic hydroxyl groups is 1. The third-order valence-electron chi connectivity index (χ3n) is 3.78. The summed E-state index contributed by atoms with van der Waals surface area (Å²) in [6, 6.07) is 9.45. The molecule has 0 saturated carbocycles. The molecule has 130 valence electrons. The minimum Gasteiger partial charge on any atom is -0.491 e. The number of rotatable bonds is 7. The number of halogens is 1. The maximum Gasteiger partial charge on any atom is 0.310 e. The van der Waals surface area contributed by atoms with Gasteiger partial charge in [-0.2, -0.15) is 0 Å². The molecule has 6 heteroatoms. The Morgan fingerprint density at radius 1 is 1.39 bits per heavy atom. The summed E-state index contributed by atoms with van der Waals surface area (Å²) in [5, 5.41) is 10.1. The predicted molar refractivity (Wildman–Crippen MR) is 91.0 cm³/mol. The monoisotopic (exact) mass is 343 g/mol. The number of esters is 1. The zero-order chi connectivity index (χ0) is 15.8. The topological polar surface area (TPSA) is 59.0 Å². The molecule has 23 heavy (non-hydrogen) atoms. The zero-order valence-electron chi connectivity index (χ0n) is 13.5. The second kappa shape index (κ2) is 10.5. The van der Waals surface area contributed by atoms with Gasteiger partial charge in [-0.1, -0.05) is 18.2 Å². The fourth-order valence-corrected chi connectivity index (χ4v) is 2.73. The number of benzene rings is 1. The highest BCUT2D eigenvalue weighted by molar-refractivity contribution is 5.85. The molecule has 1 heterocycles. The van der Waals surface area contributed by atoms with Crippen LogP contribution in [0.2, 0.25) is 0 Å². The SMILES string of the molecule is CCOC(=O)C1CCCN(CC(O)COc2ccccc2)C1.Cl. The lowest BCUT2D eigenvalue weighted by Crippen LogP contribution is -2.44. The summed E-state index contributed by atoms with van der Waals surface area (Å²) in [6.07, 6.45) is 1.25. The summed E-state index contributed by atoms with van der Waals surface area (Å²) in [7, 11) is 0. The number of hydrogen-bond acceptors (Lipinski definition) is 5. The van der Waals surface area contributed by atoms with Crippen LogP contribution in [0.15, 0.2) is 30.3 Å². The molecule has 1 N–H and O–H groups in total. The Kier molecular flexibility index (Phi) is 8.99. The fourth-order valence-electron chi connectivity index (χ4n) is 2.73. The predicted octanol–water partition coefficient (Wildman–Crippen LogP) is 2.12. The standard InChI is InChI=1S/C17H25NO4.ClH/c1-2-21-17(20)14-7-6-10-18(11-14)12-15(19)13-22-16-8-4-3-5-9-16;/h3-5,8-9,14-15,19H,2,6-7,10-13H2,1H3;1H. The van der Waals surface area contributed by atoms with Crippen LogP contribution in [0.4, 0.5) is 0 Å². The Balaban J connectivity index is 0.00000264. The van der Waals surface area contributed by atoms with Crippen LogP contribution >= 0.6 is 12.4 Å². The molecule has 1 aromatic carbocycles. The van der Waals surface area contributed by atoms with Gasteiger partial charge in [-0.15, -0.1) is 12.4 Å². The van der Waals surface area contributed by atoms with Crippen LogP contribution in [0.3, 0.4) is 0 Å². The van der Waals surface area contributed by atoms with Crippen LogP contribution < -0.4 is 4.74 Å². The highest BCUT2D eigenvalue weighted by Gasteiger charge is 2.27. The number of likely N-dealkylation sites (tertiary alicyclic amines) is 1. The van der Waals surface area contributed by atoms with Gasteiger partial charge in [0.15, 0.2) is 0 Å². The van der Waals surface area contributed by atoms with E-state index in [0.29, 0.717) is 19.7 Å². The number of β-amino-alcohol motifs (C(OH)–C–C–N with tert-alkyl or cyclic N) is 1. The summed E-state index contributed by atoms with van der Waals surface area (Å²) in [5.41, 5.74) is 0. The molecule has 0 radical (unpaired) electrons. The minimum absolute atomic E-state index is 0. The van der Waals surface area contributed by atoms with Crippen LogP contribution in [-0.2, 0) is 9.53 Å². The number of carbonyl (C=O) groups excluding carboxylic acids is 1. The van der Waals surface area contributed by atoms with E-state index in [4.69, 9.17) is 9.47 Å². The van der Waals surface area contributed by atoms with E-state index in [1.807, 2.05) is 37.3 Å². The van der Waals surface area contributed by atoms with Crippen molar-refractivity contribution in [2.24, 2.45) is 5.92 Å². The lowest BCUT2D eigenvalue weighted by Gasteiger charge is -2.32. The normalized spacial score (nSPS) is 19.5. The van der Waals surface area contributed by atoms with Crippen molar-refractivity contribution >= 4 is 18.4 Å². The smallest absolute Gasteiger partial charge is 0.310 e. The molecule has 2 unspecified atom stereocenters. The lowest BCUT2D eigenvalue weighted by molar-refractivity contribution is -0.150. The zero-order valence-corrected chi connectivity index (χ0v) is 14.3. The van der Waals surface area contributed by atoms with Crippen molar-refractivity contribution in [2.75, 3.05) is 32.8 Å². The highest BCUT2D eigenvalue weighted by Crippen LogP contribution is 2.18. The molecule has 2 rings (SSSR count). The number of ether oxygens (including phenoxy) is 2. The third-order valence-corrected chi connectivity index (χ3v) is 3.78. The summed E-state index contributed by atoms with van der Waals surface area (Å²) >= 11 is 0. The molecule has 0 bridgehead atoms. The Morgan fingerprint density at radius 3 is 2.83 bits per heavy atom. The number of piperidine rings is 1. The summed E-state index contributed by atoms with van der Waals surface area (Å²) in [6.45, 7) is 4.57. The van der Waals surface area contributed by atoms with Crippen LogP contribution in [0.25, 0.3) is 0 Å². The summed E-state index contributed by atoms with van der Waals surface area (Å²) < 4.78 is 10.6. The Hall–Kier alpha value is -1.30. The summed E-state index contributed by atoms with van der Waals surface area (Å²) in [5.74, 6) is 0.558. The van der Waals surface area contributed by atoms with Crippen LogP contribution in [-0.4, -0.2) is 54.9 Å². The maximum absolute atomic E-state index is 11.8. The lowest BCUT2D eigenvalue weighted by atomic mass is 9.98. The van der Waals surface area contributed by atoms with Gasteiger partial charge < -0.3 is 14.6 Å². The van der Waals surface area contributed by atoms with Crippen molar-refractivity contribution < 1.29 is 19.4 Å². The molecule has 1 aliphatic rings.